The van der Waals surface area contributed by atoms with E-state index in [9.17, 15) is 14.7 Å². The largest absolute Gasteiger partial charge is 0.480 e. The summed E-state index contributed by atoms with van der Waals surface area (Å²) in [7, 11) is 0. The molecule has 0 aromatic rings. The van der Waals surface area contributed by atoms with Gasteiger partial charge in [0.15, 0.2) is 0 Å². The number of nitrogens with two attached hydrogens (primary N) is 1. The van der Waals surface area contributed by atoms with Gasteiger partial charge in [0.2, 0.25) is 5.91 Å². The van der Waals surface area contributed by atoms with E-state index in [-0.39, 0.29) is 29.6 Å². The van der Waals surface area contributed by atoms with Gasteiger partial charge in [-0.2, -0.15) is 0 Å². The van der Waals surface area contributed by atoms with E-state index in [2.05, 4.69) is 0 Å². The standard InChI is InChI=1S/C14H24N2O3.ClH/c1-14(2,3)11(15)12(17)16-7-8-5-4-6-9(8)10(16)13(18)19;/h8-11H,4-7,15H2,1-3H3,(H,18,19);1H/t8-,9-,10-,11+;/m0./s1. The maximum absolute atomic E-state index is 12.5. The van der Waals surface area contributed by atoms with Gasteiger partial charge in [0.1, 0.15) is 6.04 Å². The number of carboxylic acid groups (broad SMARTS) is 1. The molecular weight excluding hydrogens is 280 g/mol. The van der Waals surface area contributed by atoms with Crippen molar-refractivity contribution >= 4 is 24.3 Å². The van der Waals surface area contributed by atoms with Crippen molar-refractivity contribution in [1.82, 2.24) is 4.90 Å². The zero-order valence-corrected chi connectivity index (χ0v) is 13.2. The lowest BCUT2D eigenvalue weighted by atomic mass is 9.86. The minimum Gasteiger partial charge on any atom is -0.480 e. The van der Waals surface area contributed by atoms with Crippen LogP contribution in [-0.2, 0) is 9.59 Å². The van der Waals surface area contributed by atoms with E-state index >= 15 is 0 Å². The number of carbonyl (C=O) groups is 2. The molecule has 1 heterocycles. The normalized spacial score (nSPS) is 30.6. The summed E-state index contributed by atoms with van der Waals surface area (Å²) in [5.74, 6) is -0.635. The van der Waals surface area contributed by atoms with Crippen LogP contribution in [0.15, 0.2) is 0 Å². The average molecular weight is 305 g/mol. The summed E-state index contributed by atoms with van der Waals surface area (Å²) in [6.45, 7) is 6.27. The molecule has 2 fully saturated rings. The highest BCUT2D eigenvalue weighted by Gasteiger charge is 2.50. The van der Waals surface area contributed by atoms with Crippen molar-refractivity contribution in [2.75, 3.05) is 6.54 Å². The van der Waals surface area contributed by atoms with Crippen molar-refractivity contribution in [2.24, 2.45) is 23.0 Å². The lowest BCUT2D eigenvalue weighted by Gasteiger charge is -2.32. The van der Waals surface area contributed by atoms with E-state index in [0.717, 1.165) is 19.3 Å². The zero-order chi connectivity index (χ0) is 14.4. The van der Waals surface area contributed by atoms with Gasteiger partial charge in [-0.05, 0) is 30.1 Å². The van der Waals surface area contributed by atoms with Crippen LogP contribution in [0.1, 0.15) is 40.0 Å². The van der Waals surface area contributed by atoms with Crippen molar-refractivity contribution in [1.29, 1.82) is 0 Å². The third kappa shape index (κ3) is 2.93. The summed E-state index contributed by atoms with van der Waals surface area (Å²) in [5, 5.41) is 9.43. The summed E-state index contributed by atoms with van der Waals surface area (Å²) in [6.07, 6.45) is 3.02. The average Bonchev–Trinajstić information content (AvgIpc) is 2.83. The number of halogens is 1. The van der Waals surface area contributed by atoms with E-state index in [4.69, 9.17) is 5.73 Å². The summed E-state index contributed by atoms with van der Waals surface area (Å²) >= 11 is 0. The molecule has 116 valence electrons. The molecule has 2 aliphatic rings. The van der Waals surface area contributed by atoms with Gasteiger partial charge in [-0.1, -0.05) is 27.2 Å². The number of hydrogen-bond donors (Lipinski definition) is 2. The fourth-order valence-corrected chi connectivity index (χ4v) is 3.40. The first-order valence-corrected chi connectivity index (χ1v) is 7.02. The number of hydrogen-bond acceptors (Lipinski definition) is 3. The van der Waals surface area contributed by atoms with Gasteiger partial charge in [0, 0.05) is 6.54 Å². The Balaban J connectivity index is 0.00000200. The fraction of sp³-hybridized carbons (Fsp3) is 0.857. The van der Waals surface area contributed by atoms with E-state index in [1.807, 2.05) is 20.8 Å². The van der Waals surface area contributed by atoms with E-state index in [0.29, 0.717) is 12.5 Å². The number of likely N-dealkylation sites (tertiary alicyclic amines) is 1. The highest BCUT2D eigenvalue weighted by Crippen LogP contribution is 2.42. The number of carbonyl (C=O) groups excluding carboxylic acids is 1. The Hall–Kier alpha value is -0.810. The second kappa shape index (κ2) is 5.90. The van der Waals surface area contributed by atoms with Crippen molar-refractivity contribution in [3.05, 3.63) is 0 Å². The number of fused-ring (bicyclic) bond motifs is 1. The van der Waals surface area contributed by atoms with E-state index < -0.39 is 18.1 Å². The topological polar surface area (TPSA) is 83.6 Å². The van der Waals surface area contributed by atoms with E-state index in [1.54, 1.807) is 0 Å². The van der Waals surface area contributed by atoms with Gasteiger partial charge < -0.3 is 15.7 Å². The molecule has 0 aromatic carbocycles. The lowest BCUT2D eigenvalue weighted by Crippen LogP contribution is -2.54. The summed E-state index contributed by atoms with van der Waals surface area (Å²) in [4.78, 5) is 25.5. The van der Waals surface area contributed by atoms with Crippen LogP contribution in [0.25, 0.3) is 0 Å². The number of amides is 1. The molecule has 6 heteroatoms. The minimum atomic E-state index is -0.885. The third-order valence-electron chi connectivity index (χ3n) is 4.63. The number of nitrogens with zero attached hydrogens (tertiary/aromatic N) is 1. The summed E-state index contributed by atoms with van der Waals surface area (Å²) in [5.41, 5.74) is 5.65. The van der Waals surface area contributed by atoms with Crippen molar-refractivity contribution in [3.63, 3.8) is 0 Å². The first-order valence-electron chi connectivity index (χ1n) is 7.02. The predicted octanol–water partition coefficient (Wildman–Crippen LogP) is 1.49. The number of rotatable bonds is 2. The minimum absolute atomic E-state index is 0. The van der Waals surface area contributed by atoms with Crippen LogP contribution >= 0.6 is 12.4 Å². The van der Waals surface area contributed by atoms with Gasteiger partial charge in [-0.25, -0.2) is 4.79 Å². The van der Waals surface area contributed by atoms with Crippen LogP contribution in [0.5, 0.6) is 0 Å². The Labute approximate surface area is 126 Å². The van der Waals surface area contributed by atoms with Crippen LogP contribution in [0.2, 0.25) is 0 Å². The van der Waals surface area contributed by atoms with Crippen LogP contribution in [0.4, 0.5) is 0 Å². The first kappa shape index (κ1) is 17.2. The number of carboxylic acids is 1. The number of aliphatic carboxylic acids is 1. The van der Waals surface area contributed by atoms with Crippen molar-refractivity contribution < 1.29 is 14.7 Å². The molecular formula is C14H25ClN2O3. The van der Waals surface area contributed by atoms with Gasteiger partial charge in [0.05, 0.1) is 6.04 Å². The zero-order valence-electron chi connectivity index (χ0n) is 12.3. The van der Waals surface area contributed by atoms with E-state index in [1.165, 1.54) is 4.90 Å². The Bertz CT molecular complexity index is 394. The van der Waals surface area contributed by atoms with Gasteiger partial charge in [0.25, 0.3) is 0 Å². The maximum atomic E-state index is 12.5. The van der Waals surface area contributed by atoms with Crippen molar-refractivity contribution in [2.45, 2.75) is 52.1 Å². The molecule has 0 aromatic heterocycles. The van der Waals surface area contributed by atoms with Gasteiger partial charge in [-0.15, -0.1) is 12.4 Å². The first-order chi connectivity index (χ1) is 8.73. The highest BCUT2D eigenvalue weighted by atomic mass is 35.5. The van der Waals surface area contributed by atoms with Gasteiger partial charge in [-0.3, -0.25) is 4.79 Å². The molecule has 1 amide bonds. The molecule has 1 aliphatic heterocycles. The molecule has 0 unspecified atom stereocenters. The van der Waals surface area contributed by atoms with Crippen LogP contribution < -0.4 is 5.73 Å². The Morgan fingerprint density at radius 2 is 1.90 bits per heavy atom. The lowest BCUT2D eigenvalue weighted by molar-refractivity contribution is -0.151. The Kier molecular flexibility index (Phi) is 5.08. The monoisotopic (exact) mass is 304 g/mol. The second-order valence-corrected chi connectivity index (χ2v) is 6.97. The van der Waals surface area contributed by atoms with Crippen molar-refractivity contribution in [3.8, 4) is 0 Å². The smallest absolute Gasteiger partial charge is 0.326 e. The summed E-state index contributed by atoms with van der Waals surface area (Å²) < 4.78 is 0. The third-order valence-corrected chi connectivity index (χ3v) is 4.63. The molecule has 1 aliphatic carbocycles. The van der Waals surface area contributed by atoms with Crippen LogP contribution in [0, 0.1) is 17.3 Å². The molecule has 1 saturated heterocycles. The molecule has 2 rings (SSSR count). The molecule has 4 atom stereocenters. The predicted molar refractivity (Wildman–Crippen MR) is 78.6 cm³/mol. The van der Waals surface area contributed by atoms with Crippen LogP contribution in [0.3, 0.4) is 0 Å². The fourth-order valence-electron chi connectivity index (χ4n) is 3.40. The molecule has 20 heavy (non-hydrogen) atoms. The molecule has 3 N–H and O–H groups in total. The highest BCUT2D eigenvalue weighted by molar-refractivity contribution is 5.88. The summed E-state index contributed by atoms with van der Waals surface area (Å²) in [6, 6.07) is -1.32. The molecule has 0 bridgehead atoms. The second-order valence-electron chi connectivity index (χ2n) is 6.97. The Morgan fingerprint density at radius 1 is 1.30 bits per heavy atom. The van der Waals surface area contributed by atoms with Gasteiger partial charge >= 0.3 is 5.97 Å². The maximum Gasteiger partial charge on any atom is 0.326 e. The molecule has 5 nitrogen and oxygen atoms in total. The Morgan fingerprint density at radius 3 is 2.40 bits per heavy atom. The molecule has 0 radical (unpaired) electrons. The van der Waals surface area contributed by atoms with Crippen LogP contribution in [-0.4, -0.2) is 40.5 Å². The molecule has 1 saturated carbocycles. The quantitative estimate of drug-likeness (QED) is 0.809. The SMILES string of the molecule is CC(C)(C)[C@H](N)C(=O)N1C[C@@H]2CCC[C@@H]2[C@H]1C(=O)O.Cl. The molecule has 0 spiro atoms.